The lowest BCUT2D eigenvalue weighted by atomic mass is 10.1. The Morgan fingerprint density at radius 3 is 2.69 bits per heavy atom. The zero-order valence-corrected chi connectivity index (χ0v) is 8.75. The second kappa shape index (κ2) is 5.40. The zero-order valence-electron chi connectivity index (χ0n) is 8.75. The van der Waals surface area contributed by atoms with Crippen LogP contribution in [0.3, 0.4) is 0 Å². The summed E-state index contributed by atoms with van der Waals surface area (Å²) in [6.45, 7) is 9.69. The van der Waals surface area contributed by atoms with Crippen LogP contribution in [0.2, 0.25) is 0 Å². The predicted molar refractivity (Wildman–Crippen MR) is 55.8 cm³/mol. The third-order valence-corrected chi connectivity index (χ3v) is 2.36. The summed E-state index contributed by atoms with van der Waals surface area (Å²) in [6.07, 6.45) is 4.82. The molecule has 0 saturated heterocycles. The fourth-order valence-electron chi connectivity index (χ4n) is 1.25. The van der Waals surface area contributed by atoms with Gasteiger partial charge in [-0.1, -0.05) is 19.9 Å². The zero-order chi connectivity index (χ0) is 9.68. The first-order chi connectivity index (χ1) is 6.24. The minimum atomic E-state index is 0.332. The van der Waals surface area contributed by atoms with Crippen LogP contribution in [0.4, 0.5) is 0 Å². The molecule has 0 heterocycles. The van der Waals surface area contributed by atoms with Crippen LogP contribution in [0.25, 0.3) is 0 Å². The molecule has 0 radical (unpaired) electrons. The molecule has 76 valence electrons. The summed E-state index contributed by atoms with van der Waals surface area (Å²) in [5, 5.41) is 3.49. The highest BCUT2D eigenvalue weighted by molar-refractivity contribution is 4.82. The van der Waals surface area contributed by atoms with Gasteiger partial charge in [0.15, 0.2) is 0 Å². The third-order valence-electron chi connectivity index (χ3n) is 2.36. The van der Waals surface area contributed by atoms with Crippen LogP contribution in [0.15, 0.2) is 12.7 Å². The van der Waals surface area contributed by atoms with Crippen molar-refractivity contribution in [1.29, 1.82) is 0 Å². The highest BCUT2D eigenvalue weighted by Gasteiger charge is 2.22. The summed E-state index contributed by atoms with van der Waals surface area (Å²) >= 11 is 0. The minimum Gasteiger partial charge on any atom is -0.373 e. The summed E-state index contributed by atoms with van der Waals surface area (Å²) in [5.41, 5.74) is 0. The number of nitrogens with one attached hydrogen (secondary N) is 1. The van der Waals surface area contributed by atoms with E-state index in [9.17, 15) is 0 Å². The Labute approximate surface area is 81.4 Å². The molecular weight excluding hydrogens is 162 g/mol. The number of ether oxygens (including phenoxy) is 1. The normalized spacial score (nSPS) is 19.0. The van der Waals surface area contributed by atoms with Gasteiger partial charge in [-0.15, -0.1) is 6.58 Å². The Hall–Kier alpha value is -0.340. The Balaban J connectivity index is 2.14. The second-order valence-corrected chi connectivity index (χ2v) is 4.09. The van der Waals surface area contributed by atoms with Crippen molar-refractivity contribution in [2.45, 2.75) is 38.8 Å². The van der Waals surface area contributed by atoms with Crippen LogP contribution in [0.1, 0.15) is 26.7 Å². The number of hydrogen-bond acceptors (Lipinski definition) is 2. The van der Waals surface area contributed by atoms with E-state index in [2.05, 4.69) is 25.7 Å². The van der Waals surface area contributed by atoms with Gasteiger partial charge in [0.2, 0.25) is 0 Å². The molecule has 1 N–H and O–H groups in total. The fourth-order valence-corrected chi connectivity index (χ4v) is 1.25. The molecule has 0 aromatic carbocycles. The SMILES string of the molecule is C=CCOC(CNC1CC1)C(C)C. The van der Waals surface area contributed by atoms with E-state index in [4.69, 9.17) is 4.74 Å². The highest BCUT2D eigenvalue weighted by Crippen LogP contribution is 2.19. The monoisotopic (exact) mass is 183 g/mol. The Kier molecular flexibility index (Phi) is 4.46. The maximum Gasteiger partial charge on any atom is 0.0726 e. The van der Waals surface area contributed by atoms with Gasteiger partial charge in [-0.2, -0.15) is 0 Å². The van der Waals surface area contributed by atoms with E-state index < -0.39 is 0 Å². The predicted octanol–water partition coefficient (Wildman–Crippen LogP) is 1.97. The van der Waals surface area contributed by atoms with E-state index in [-0.39, 0.29) is 0 Å². The van der Waals surface area contributed by atoms with Crippen LogP contribution in [0.5, 0.6) is 0 Å². The van der Waals surface area contributed by atoms with Crippen molar-refractivity contribution in [2.75, 3.05) is 13.2 Å². The standard InChI is InChI=1S/C11H21NO/c1-4-7-13-11(9(2)3)8-12-10-5-6-10/h4,9-12H,1,5-8H2,2-3H3. The van der Waals surface area contributed by atoms with Gasteiger partial charge in [0.1, 0.15) is 0 Å². The molecule has 1 aliphatic rings. The summed E-state index contributed by atoms with van der Waals surface area (Å²) in [4.78, 5) is 0. The first kappa shape index (κ1) is 10.7. The average molecular weight is 183 g/mol. The second-order valence-electron chi connectivity index (χ2n) is 4.09. The highest BCUT2D eigenvalue weighted by atomic mass is 16.5. The largest absolute Gasteiger partial charge is 0.373 e. The van der Waals surface area contributed by atoms with Crippen LogP contribution < -0.4 is 5.32 Å². The van der Waals surface area contributed by atoms with Crippen molar-refractivity contribution in [1.82, 2.24) is 5.32 Å². The Morgan fingerprint density at radius 1 is 1.54 bits per heavy atom. The summed E-state index contributed by atoms with van der Waals surface area (Å²) in [5.74, 6) is 0.575. The van der Waals surface area contributed by atoms with Crippen LogP contribution in [-0.2, 0) is 4.74 Å². The van der Waals surface area contributed by atoms with Gasteiger partial charge in [-0.3, -0.25) is 0 Å². The lowest BCUT2D eigenvalue weighted by molar-refractivity contribution is 0.0406. The van der Waals surface area contributed by atoms with E-state index in [0.717, 1.165) is 12.6 Å². The molecule has 2 nitrogen and oxygen atoms in total. The summed E-state index contributed by atoms with van der Waals surface area (Å²) in [6, 6.07) is 0.772. The maximum absolute atomic E-state index is 5.65. The van der Waals surface area contributed by atoms with Gasteiger partial charge in [0.25, 0.3) is 0 Å². The fraction of sp³-hybridized carbons (Fsp3) is 0.818. The summed E-state index contributed by atoms with van der Waals surface area (Å²) in [7, 11) is 0. The van der Waals surface area contributed by atoms with Gasteiger partial charge in [-0.25, -0.2) is 0 Å². The van der Waals surface area contributed by atoms with Gasteiger partial charge in [0, 0.05) is 12.6 Å². The molecular formula is C11H21NO. The molecule has 1 atom stereocenters. The lowest BCUT2D eigenvalue weighted by Gasteiger charge is -2.21. The van der Waals surface area contributed by atoms with Gasteiger partial charge in [-0.05, 0) is 18.8 Å². The van der Waals surface area contributed by atoms with Crippen molar-refractivity contribution in [2.24, 2.45) is 5.92 Å². The first-order valence-corrected chi connectivity index (χ1v) is 5.20. The number of rotatable bonds is 7. The van der Waals surface area contributed by atoms with E-state index in [1.54, 1.807) is 0 Å². The molecule has 1 unspecified atom stereocenters. The van der Waals surface area contributed by atoms with Crippen molar-refractivity contribution in [3.63, 3.8) is 0 Å². The van der Waals surface area contributed by atoms with Crippen molar-refractivity contribution >= 4 is 0 Å². The van der Waals surface area contributed by atoms with Crippen molar-refractivity contribution in [3.8, 4) is 0 Å². The van der Waals surface area contributed by atoms with E-state index in [1.807, 2.05) is 6.08 Å². The van der Waals surface area contributed by atoms with Gasteiger partial charge < -0.3 is 10.1 Å². The molecule has 0 aromatic heterocycles. The van der Waals surface area contributed by atoms with Crippen molar-refractivity contribution in [3.05, 3.63) is 12.7 Å². The minimum absolute atomic E-state index is 0.332. The van der Waals surface area contributed by atoms with E-state index >= 15 is 0 Å². The number of hydrogen-bond donors (Lipinski definition) is 1. The molecule has 0 aromatic rings. The first-order valence-electron chi connectivity index (χ1n) is 5.20. The topological polar surface area (TPSA) is 21.3 Å². The quantitative estimate of drug-likeness (QED) is 0.609. The molecule has 1 saturated carbocycles. The van der Waals surface area contributed by atoms with E-state index in [0.29, 0.717) is 18.6 Å². The maximum atomic E-state index is 5.65. The Bertz CT molecular complexity index is 152. The smallest absolute Gasteiger partial charge is 0.0726 e. The molecule has 2 heteroatoms. The molecule has 0 spiro atoms. The Morgan fingerprint density at radius 2 is 2.23 bits per heavy atom. The van der Waals surface area contributed by atoms with Crippen molar-refractivity contribution < 1.29 is 4.74 Å². The molecule has 1 fully saturated rings. The summed E-state index contributed by atoms with van der Waals surface area (Å²) < 4.78 is 5.65. The van der Waals surface area contributed by atoms with Gasteiger partial charge >= 0.3 is 0 Å². The molecule has 0 aliphatic heterocycles. The molecule has 0 amide bonds. The van der Waals surface area contributed by atoms with E-state index in [1.165, 1.54) is 12.8 Å². The van der Waals surface area contributed by atoms with Gasteiger partial charge in [0.05, 0.1) is 12.7 Å². The lowest BCUT2D eigenvalue weighted by Crippen LogP contribution is -2.34. The van der Waals surface area contributed by atoms with Crippen LogP contribution >= 0.6 is 0 Å². The third kappa shape index (κ3) is 4.44. The average Bonchev–Trinajstić information content (AvgIpc) is 2.87. The molecule has 13 heavy (non-hydrogen) atoms. The van der Waals surface area contributed by atoms with Crippen LogP contribution in [0, 0.1) is 5.92 Å². The molecule has 1 rings (SSSR count). The molecule has 0 bridgehead atoms. The molecule has 1 aliphatic carbocycles. The van der Waals surface area contributed by atoms with Crippen LogP contribution in [-0.4, -0.2) is 25.3 Å².